The van der Waals surface area contributed by atoms with Crippen molar-refractivity contribution in [3.8, 4) is 0 Å². The van der Waals surface area contributed by atoms with Gasteiger partial charge in [0, 0.05) is 13.1 Å². The van der Waals surface area contributed by atoms with Crippen LogP contribution in [0.15, 0.2) is 12.4 Å². The summed E-state index contributed by atoms with van der Waals surface area (Å²) in [4.78, 5) is 9.56. The van der Waals surface area contributed by atoms with Gasteiger partial charge in [-0.15, -0.1) is 0 Å². The lowest BCUT2D eigenvalue weighted by atomic mass is 10.1. The van der Waals surface area contributed by atoms with Crippen molar-refractivity contribution in [2.24, 2.45) is 0 Å². The third-order valence-electron chi connectivity index (χ3n) is 2.31. The molecule has 0 aromatic carbocycles. The average molecular weight is 199 g/mol. The summed E-state index contributed by atoms with van der Waals surface area (Å²) >= 11 is 0. The Bertz CT molecular complexity index is 293. The molecule has 76 valence electrons. The van der Waals surface area contributed by atoms with Crippen LogP contribution in [0.5, 0.6) is 0 Å². The van der Waals surface area contributed by atoms with Gasteiger partial charge in [-0.1, -0.05) is 0 Å². The van der Waals surface area contributed by atoms with Gasteiger partial charge in [-0.2, -0.15) is 0 Å². The molecule has 1 aliphatic rings. The molecule has 0 aliphatic carbocycles. The van der Waals surface area contributed by atoms with Crippen molar-refractivity contribution in [2.75, 3.05) is 18.0 Å². The second-order valence-electron chi connectivity index (χ2n) is 3.36. The number of anilines is 1. The number of hydrogen-bond acceptors (Lipinski definition) is 3. The van der Waals surface area contributed by atoms with Gasteiger partial charge in [-0.25, -0.2) is 18.7 Å². The highest BCUT2D eigenvalue weighted by molar-refractivity contribution is 5.29. The lowest BCUT2D eigenvalue weighted by Crippen LogP contribution is -2.35. The quantitative estimate of drug-likeness (QED) is 0.687. The summed E-state index contributed by atoms with van der Waals surface area (Å²) in [6, 6.07) is 0. The molecule has 0 bridgehead atoms. The molecule has 14 heavy (non-hydrogen) atoms. The average Bonchev–Trinajstić information content (AvgIpc) is 2.21. The number of alkyl halides is 1. The summed E-state index contributed by atoms with van der Waals surface area (Å²) in [7, 11) is 0. The Morgan fingerprint density at radius 2 is 1.79 bits per heavy atom. The van der Waals surface area contributed by atoms with E-state index in [0.29, 0.717) is 31.9 Å². The Kier molecular flexibility index (Phi) is 2.56. The van der Waals surface area contributed by atoms with Crippen molar-refractivity contribution < 1.29 is 8.78 Å². The third kappa shape index (κ3) is 1.97. The smallest absolute Gasteiger partial charge is 0.225 e. The van der Waals surface area contributed by atoms with Crippen LogP contribution in [0, 0.1) is 5.82 Å². The normalized spacial score (nSPS) is 18.6. The summed E-state index contributed by atoms with van der Waals surface area (Å²) in [5.74, 6) is 0.0347. The van der Waals surface area contributed by atoms with Crippen LogP contribution < -0.4 is 4.90 Å². The van der Waals surface area contributed by atoms with E-state index in [1.165, 1.54) is 0 Å². The van der Waals surface area contributed by atoms with E-state index < -0.39 is 12.0 Å². The van der Waals surface area contributed by atoms with Crippen molar-refractivity contribution in [1.29, 1.82) is 0 Å². The monoisotopic (exact) mass is 199 g/mol. The molecule has 3 nitrogen and oxygen atoms in total. The van der Waals surface area contributed by atoms with Crippen LogP contribution in [-0.2, 0) is 0 Å². The zero-order valence-electron chi connectivity index (χ0n) is 7.66. The maximum atomic E-state index is 12.8. The van der Waals surface area contributed by atoms with Crippen molar-refractivity contribution in [2.45, 2.75) is 19.0 Å². The van der Waals surface area contributed by atoms with Crippen molar-refractivity contribution in [3.05, 3.63) is 18.2 Å². The number of piperidine rings is 1. The van der Waals surface area contributed by atoms with E-state index in [4.69, 9.17) is 0 Å². The lowest BCUT2D eigenvalue weighted by Gasteiger charge is -2.28. The molecule has 0 saturated carbocycles. The molecule has 5 heteroatoms. The van der Waals surface area contributed by atoms with Gasteiger partial charge in [-0.3, -0.25) is 0 Å². The second-order valence-corrected chi connectivity index (χ2v) is 3.36. The molecule has 0 radical (unpaired) electrons. The summed E-state index contributed by atoms with van der Waals surface area (Å²) in [5.41, 5.74) is 0. The van der Waals surface area contributed by atoms with E-state index in [9.17, 15) is 8.78 Å². The molecule has 0 atom stereocenters. The molecule has 0 spiro atoms. The Labute approximate surface area is 80.8 Å². The van der Waals surface area contributed by atoms with Gasteiger partial charge in [0.2, 0.25) is 5.95 Å². The Morgan fingerprint density at radius 3 is 2.36 bits per heavy atom. The SMILES string of the molecule is Fc1cnc(N2CCC(F)CC2)nc1. The van der Waals surface area contributed by atoms with Gasteiger partial charge in [0.25, 0.3) is 0 Å². The van der Waals surface area contributed by atoms with E-state index in [2.05, 4.69) is 9.97 Å². The summed E-state index contributed by atoms with van der Waals surface area (Å²) in [6.45, 7) is 1.21. The van der Waals surface area contributed by atoms with Gasteiger partial charge < -0.3 is 4.90 Å². The maximum absolute atomic E-state index is 12.8. The predicted molar refractivity (Wildman–Crippen MR) is 48.3 cm³/mol. The van der Waals surface area contributed by atoms with Crippen LogP contribution >= 0.6 is 0 Å². The molecule has 1 aliphatic heterocycles. The Balaban J connectivity index is 2.05. The summed E-state index contributed by atoms with van der Waals surface area (Å²) in [6.07, 6.45) is 2.54. The molecule has 1 aromatic heterocycles. The molecule has 0 N–H and O–H groups in total. The predicted octanol–water partition coefficient (Wildman–Crippen LogP) is 1.55. The van der Waals surface area contributed by atoms with E-state index in [1.807, 2.05) is 4.90 Å². The number of aromatic nitrogens is 2. The number of halogens is 2. The molecule has 2 rings (SSSR count). The largest absolute Gasteiger partial charge is 0.341 e. The van der Waals surface area contributed by atoms with Crippen LogP contribution in [0.4, 0.5) is 14.7 Å². The van der Waals surface area contributed by atoms with E-state index in [-0.39, 0.29) is 0 Å². The first-order chi connectivity index (χ1) is 6.75. The Hall–Kier alpha value is -1.26. The van der Waals surface area contributed by atoms with Gasteiger partial charge in [0.05, 0.1) is 12.4 Å². The fourth-order valence-corrected chi connectivity index (χ4v) is 1.52. The second kappa shape index (κ2) is 3.86. The molecular weight excluding hydrogens is 188 g/mol. The van der Waals surface area contributed by atoms with Gasteiger partial charge >= 0.3 is 0 Å². The van der Waals surface area contributed by atoms with Crippen LogP contribution in [0.2, 0.25) is 0 Å². The molecule has 0 amide bonds. The molecule has 1 saturated heterocycles. The van der Waals surface area contributed by atoms with Crippen LogP contribution in [0.1, 0.15) is 12.8 Å². The number of hydrogen-bond donors (Lipinski definition) is 0. The molecule has 1 fully saturated rings. The lowest BCUT2D eigenvalue weighted by molar-refractivity contribution is 0.276. The minimum absolute atomic E-state index is 0.450. The van der Waals surface area contributed by atoms with Crippen molar-refractivity contribution in [3.63, 3.8) is 0 Å². The summed E-state index contributed by atoms with van der Waals surface area (Å²) < 4.78 is 25.3. The first kappa shape index (κ1) is 9.30. The highest BCUT2D eigenvalue weighted by atomic mass is 19.1. The fraction of sp³-hybridized carbons (Fsp3) is 0.556. The first-order valence-electron chi connectivity index (χ1n) is 4.62. The maximum Gasteiger partial charge on any atom is 0.225 e. The molecular formula is C9H11F2N3. The fourth-order valence-electron chi connectivity index (χ4n) is 1.52. The van der Waals surface area contributed by atoms with Crippen molar-refractivity contribution >= 4 is 5.95 Å². The summed E-state index contributed by atoms with van der Waals surface area (Å²) in [5, 5.41) is 0. The zero-order valence-corrected chi connectivity index (χ0v) is 7.66. The van der Waals surface area contributed by atoms with Crippen LogP contribution in [0.25, 0.3) is 0 Å². The minimum Gasteiger partial charge on any atom is -0.341 e. The van der Waals surface area contributed by atoms with Gasteiger partial charge in [0.1, 0.15) is 6.17 Å². The van der Waals surface area contributed by atoms with Crippen molar-refractivity contribution in [1.82, 2.24) is 9.97 Å². The topological polar surface area (TPSA) is 29.0 Å². The van der Waals surface area contributed by atoms with Gasteiger partial charge in [-0.05, 0) is 12.8 Å². The van der Waals surface area contributed by atoms with Crippen LogP contribution in [-0.4, -0.2) is 29.2 Å². The highest BCUT2D eigenvalue weighted by Crippen LogP contribution is 2.17. The minimum atomic E-state index is -0.716. The first-order valence-corrected chi connectivity index (χ1v) is 4.62. The van der Waals surface area contributed by atoms with E-state index >= 15 is 0 Å². The van der Waals surface area contributed by atoms with Gasteiger partial charge in [0.15, 0.2) is 5.82 Å². The standard InChI is InChI=1S/C9H11F2N3/c10-7-1-3-14(4-2-7)9-12-5-8(11)6-13-9/h5-7H,1-4H2. The van der Waals surface area contributed by atoms with E-state index in [1.54, 1.807) is 0 Å². The Morgan fingerprint density at radius 1 is 1.21 bits per heavy atom. The molecule has 2 heterocycles. The van der Waals surface area contributed by atoms with E-state index in [0.717, 1.165) is 12.4 Å². The number of nitrogens with zero attached hydrogens (tertiary/aromatic N) is 3. The highest BCUT2D eigenvalue weighted by Gasteiger charge is 2.19. The molecule has 1 aromatic rings. The third-order valence-corrected chi connectivity index (χ3v) is 2.31. The number of rotatable bonds is 1. The zero-order chi connectivity index (χ0) is 9.97. The molecule has 0 unspecified atom stereocenters. The van der Waals surface area contributed by atoms with Crippen LogP contribution in [0.3, 0.4) is 0 Å².